The summed E-state index contributed by atoms with van der Waals surface area (Å²) in [6.07, 6.45) is 2.94. The molecule has 24 heavy (non-hydrogen) atoms. The molecule has 1 fully saturated rings. The number of aryl methyl sites for hydroxylation is 1. The van der Waals surface area contributed by atoms with Crippen LogP contribution in [0.5, 0.6) is 0 Å². The molecule has 1 heterocycles. The number of amides is 2. The number of rotatable bonds is 5. The second kappa shape index (κ2) is 7.70. The van der Waals surface area contributed by atoms with Crippen LogP contribution in [0.25, 0.3) is 0 Å². The first kappa shape index (κ1) is 16.8. The highest BCUT2D eigenvalue weighted by atomic mass is 32.2. The van der Waals surface area contributed by atoms with Crippen LogP contribution in [-0.2, 0) is 20.7 Å². The molecule has 1 aliphatic heterocycles. The van der Waals surface area contributed by atoms with Gasteiger partial charge in [-0.15, -0.1) is 0 Å². The topological polar surface area (TPSA) is 75.7 Å². The third-order valence-corrected chi connectivity index (χ3v) is 5.13. The van der Waals surface area contributed by atoms with E-state index < -0.39 is 5.97 Å². The molecule has 1 saturated heterocycles. The van der Waals surface area contributed by atoms with E-state index in [0.29, 0.717) is 12.3 Å². The van der Waals surface area contributed by atoms with Gasteiger partial charge in [-0.05, 0) is 30.4 Å². The second-order valence-corrected chi connectivity index (χ2v) is 6.95. The van der Waals surface area contributed by atoms with Gasteiger partial charge in [0, 0.05) is 12.3 Å². The first-order valence-electron chi connectivity index (χ1n) is 8.08. The highest BCUT2D eigenvalue weighted by Gasteiger charge is 2.25. The lowest BCUT2D eigenvalue weighted by Crippen LogP contribution is -2.36. The Balaban J connectivity index is 1.46. The van der Waals surface area contributed by atoms with E-state index in [0.717, 1.165) is 24.8 Å². The van der Waals surface area contributed by atoms with E-state index in [4.69, 9.17) is 4.74 Å². The summed E-state index contributed by atoms with van der Waals surface area (Å²) in [4.78, 5) is 36.7. The molecule has 1 unspecified atom stereocenters. The van der Waals surface area contributed by atoms with E-state index in [9.17, 15) is 14.4 Å². The number of benzene rings is 1. The summed E-state index contributed by atoms with van der Waals surface area (Å²) >= 11 is 1.19. The molecule has 0 radical (unpaired) electrons. The minimum Gasteiger partial charge on any atom is -0.454 e. The molecule has 1 aromatic rings. The molecular formula is C17H20N2O4S. The summed E-state index contributed by atoms with van der Waals surface area (Å²) in [6, 6.07) is 8.05. The Bertz CT molecular complexity index is 649. The number of ether oxygens (including phenoxy) is 1. The summed E-state index contributed by atoms with van der Waals surface area (Å²) in [7, 11) is 0. The molecule has 2 amide bonds. The number of nitrogens with one attached hydrogen (secondary N) is 1. The van der Waals surface area contributed by atoms with Crippen LogP contribution in [0, 0.1) is 0 Å². The van der Waals surface area contributed by atoms with Gasteiger partial charge < -0.3 is 15.0 Å². The van der Waals surface area contributed by atoms with E-state index in [-0.39, 0.29) is 30.3 Å². The fourth-order valence-electron chi connectivity index (χ4n) is 3.06. The number of carbonyl (C=O) groups excluding carboxylic acids is 3. The summed E-state index contributed by atoms with van der Waals surface area (Å²) in [5, 5.41) is 2.82. The van der Waals surface area contributed by atoms with Gasteiger partial charge in [-0.1, -0.05) is 36.0 Å². The van der Waals surface area contributed by atoms with Crippen molar-refractivity contribution in [2.45, 2.75) is 25.3 Å². The Morgan fingerprint density at radius 3 is 2.96 bits per heavy atom. The zero-order valence-corrected chi connectivity index (χ0v) is 14.1. The third-order valence-electron chi connectivity index (χ3n) is 4.23. The van der Waals surface area contributed by atoms with Crippen molar-refractivity contribution in [3.8, 4) is 0 Å². The van der Waals surface area contributed by atoms with Crippen LogP contribution < -0.4 is 5.32 Å². The van der Waals surface area contributed by atoms with Crippen molar-refractivity contribution < 1.29 is 19.1 Å². The zero-order chi connectivity index (χ0) is 16.9. The SMILES string of the molecule is O=C(COC(=O)CN1CCSC1=O)NC1CCCc2ccccc21. The minimum atomic E-state index is -0.551. The molecule has 1 aromatic carbocycles. The van der Waals surface area contributed by atoms with Gasteiger partial charge in [0.2, 0.25) is 0 Å². The molecular weight excluding hydrogens is 328 g/mol. The van der Waals surface area contributed by atoms with Crippen molar-refractivity contribution in [2.75, 3.05) is 25.4 Å². The Hall–Kier alpha value is -2.02. The predicted molar refractivity (Wildman–Crippen MR) is 90.6 cm³/mol. The van der Waals surface area contributed by atoms with E-state index in [1.165, 1.54) is 22.2 Å². The van der Waals surface area contributed by atoms with Gasteiger partial charge in [0.15, 0.2) is 6.61 Å². The number of hydrogen-bond acceptors (Lipinski definition) is 5. The minimum absolute atomic E-state index is 0.0299. The normalized spacial score (nSPS) is 19.8. The highest BCUT2D eigenvalue weighted by Crippen LogP contribution is 2.29. The van der Waals surface area contributed by atoms with Crippen molar-refractivity contribution in [2.24, 2.45) is 0 Å². The van der Waals surface area contributed by atoms with E-state index in [2.05, 4.69) is 11.4 Å². The molecule has 1 atom stereocenters. The largest absolute Gasteiger partial charge is 0.454 e. The molecule has 0 aromatic heterocycles. The van der Waals surface area contributed by atoms with Gasteiger partial charge in [-0.2, -0.15) is 0 Å². The van der Waals surface area contributed by atoms with E-state index in [1.54, 1.807) is 0 Å². The second-order valence-electron chi connectivity index (χ2n) is 5.91. The van der Waals surface area contributed by atoms with Gasteiger partial charge in [0.1, 0.15) is 6.54 Å². The molecule has 0 spiro atoms. The van der Waals surface area contributed by atoms with Crippen LogP contribution in [0.15, 0.2) is 24.3 Å². The van der Waals surface area contributed by atoms with Crippen LogP contribution in [0.3, 0.4) is 0 Å². The summed E-state index contributed by atoms with van der Waals surface area (Å²) < 4.78 is 4.99. The van der Waals surface area contributed by atoms with Crippen LogP contribution >= 0.6 is 11.8 Å². The Labute approximate surface area is 144 Å². The number of fused-ring (bicyclic) bond motifs is 1. The average Bonchev–Trinajstić information content (AvgIpc) is 2.98. The molecule has 1 aliphatic carbocycles. The smallest absolute Gasteiger partial charge is 0.326 e. The van der Waals surface area contributed by atoms with Crippen LogP contribution in [0.4, 0.5) is 4.79 Å². The lowest BCUT2D eigenvalue weighted by molar-refractivity contribution is -0.149. The van der Waals surface area contributed by atoms with Gasteiger partial charge in [-0.25, -0.2) is 0 Å². The van der Waals surface area contributed by atoms with E-state index in [1.807, 2.05) is 18.2 Å². The highest BCUT2D eigenvalue weighted by molar-refractivity contribution is 8.13. The van der Waals surface area contributed by atoms with Crippen molar-refractivity contribution >= 4 is 28.9 Å². The maximum Gasteiger partial charge on any atom is 0.326 e. The molecule has 3 rings (SSSR count). The zero-order valence-electron chi connectivity index (χ0n) is 13.3. The van der Waals surface area contributed by atoms with E-state index >= 15 is 0 Å². The van der Waals surface area contributed by atoms with Crippen LogP contribution in [-0.4, -0.2) is 47.5 Å². The monoisotopic (exact) mass is 348 g/mol. The van der Waals surface area contributed by atoms with Crippen molar-refractivity contribution in [3.63, 3.8) is 0 Å². The third kappa shape index (κ3) is 4.08. The van der Waals surface area contributed by atoms with Gasteiger partial charge in [0.25, 0.3) is 11.1 Å². The van der Waals surface area contributed by atoms with Gasteiger partial charge in [0.05, 0.1) is 6.04 Å². The quantitative estimate of drug-likeness (QED) is 0.823. The molecule has 0 bridgehead atoms. The fraction of sp³-hybridized carbons (Fsp3) is 0.471. The lowest BCUT2D eigenvalue weighted by atomic mass is 9.88. The Kier molecular flexibility index (Phi) is 5.40. The van der Waals surface area contributed by atoms with Gasteiger partial charge in [-0.3, -0.25) is 14.4 Å². The number of hydrogen-bond donors (Lipinski definition) is 1. The molecule has 2 aliphatic rings. The summed E-state index contributed by atoms with van der Waals surface area (Å²) in [5.74, 6) is -0.176. The summed E-state index contributed by atoms with van der Waals surface area (Å²) in [5.41, 5.74) is 2.40. The maximum atomic E-state index is 12.1. The van der Waals surface area contributed by atoms with Gasteiger partial charge >= 0.3 is 5.97 Å². The number of esters is 1. The van der Waals surface area contributed by atoms with Crippen LogP contribution in [0.1, 0.15) is 30.0 Å². The Morgan fingerprint density at radius 2 is 2.17 bits per heavy atom. The Morgan fingerprint density at radius 1 is 1.33 bits per heavy atom. The predicted octanol–water partition coefficient (Wildman–Crippen LogP) is 1.89. The van der Waals surface area contributed by atoms with Crippen molar-refractivity contribution in [3.05, 3.63) is 35.4 Å². The first-order valence-corrected chi connectivity index (χ1v) is 9.06. The number of carbonyl (C=O) groups is 3. The number of thioether (sulfide) groups is 1. The maximum absolute atomic E-state index is 12.1. The first-order chi connectivity index (χ1) is 11.6. The molecule has 1 N–H and O–H groups in total. The fourth-order valence-corrected chi connectivity index (χ4v) is 3.88. The van der Waals surface area contributed by atoms with Crippen molar-refractivity contribution in [1.82, 2.24) is 10.2 Å². The molecule has 128 valence electrons. The molecule has 0 saturated carbocycles. The standard InChI is InChI=1S/C17H20N2O4S/c20-15(11-23-16(21)10-19-8-9-24-17(19)22)18-14-7-3-5-12-4-1-2-6-13(12)14/h1-2,4,6,14H,3,5,7-11H2,(H,18,20). The molecule has 7 heteroatoms. The van der Waals surface area contributed by atoms with Crippen molar-refractivity contribution in [1.29, 1.82) is 0 Å². The summed E-state index contributed by atoms with van der Waals surface area (Å²) in [6.45, 7) is 0.141. The number of nitrogens with zero attached hydrogens (tertiary/aromatic N) is 1. The lowest BCUT2D eigenvalue weighted by Gasteiger charge is -2.26. The van der Waals surface area contributed by atoms with Crippen LogP contribution in [0.2, 0.25) is 0 Å². The average molecular weight is 348 g/mol. The molecule has 6 nitrogen and oxygen atoms in total.